The van der Waals surface area contributed by atoms with Crippen molar-refractivity contribution in [2.24, 2.45) is 0 Å². The smallest absolute Gasteiger partial charge is 0.369 e. The SMILES string of the molecule is [CH2-]CCN1CCN(c2ccc(C#N)cc2)CC1.[K+]. The fourth-order valence-corrected chi connectivity index (χ4v) is 2.20. The third-order valence-corrected chi connectivity index (χ3v) is 3.21. The van der Waals surface area contributed by atoms with Crippen LogP contribution in [0.25, 0.3) is 0 Å². The Balaban J connectivity index is 0.00000162. The molecule has 4 heteroatoms. The summed E-state index contributed by atoms with van der Waals surface area (Å²) < 4.78 is 0. The number of nitrogens with zero attached hydrogens (tertiary/aromatic N) is 3. The number of piperazine rings is 1. The molecule has 1 saturated heterocycles. The van der Waals surface area contributed by atoms with Crippen LogP contribution in [0, 0.1) is 18.3 Å². The van der Waals surface area contributed by atoms with Crippen molar-refractivity contribution < 1.29 is 51.4 Å². The van der Waals surface area contributed by atoms with Crippen molar-refractivity contribution in [2.45, 2.75) is 6.42 Å². The fraction of sp³-hybridized carbons (Fsp3) is 0.429. The van der Waals surface area contributed by atoms with E-state index in [1.165, 1.54) is 5.69 Å². The molecule has 90 valence electrons. The number of benzene rings is 1. The minimum Gasteiger partial charge on any atom is -0.369 e. The van der Waals surface area contributed by atoms with E-state index < -0.39 is 0 Å². The maximum Gasteiger partial charge on any atom is 1.00 e. The Bertz CT molecular complexity index is 388. The summed E-state index contributed by atoms with van der Waals surface area (Å²) in [5.74, 6) is 0. The van der Waals surface area contributed by atoms with E-state index in [0.29, 0.717) is 0 Å². The summed E-state index contributed by atoms with van der Waals surface area (Å²) in [5.41, 5.74) is 1.95. The van der Waals surface area contributed by atoms with Gasteiger partial charge in [-0.25, -0.2) is 0 Å². The minimum atomic E-state index is 0. The molecule has 1 heterocycles. The van der Waals surface area contributed by atoms with Gasteiger partial charge >= 0.3 is 51.4 Å². The van der Waals surface area contributed by atoms with Crippen LogP contribution >= 0.6 is 0 Å². The van der Waals surface area contributed by atoms with Gasteiger partial charge in [-0.05, 0) is 30.8 Å². The van der Waals surface area contributed by atoms with Crippen molar-refractivity contribution in [3.05, 3.63) is 36.8 Å². The molecule has 0 radical (unpaired) electrons. The van der Waals surface area contributed by atoms with Gasteiger partial charge in [0.1, 0.15) is 0 Å². The average molecular weight is 267 g/mol. The van der Waals surface area contributed by atoms with E-state index in [2.05, 4.69) is 22.8 Å². The Kier molecular flexibility index (Phi) is 7.46. The predicted molar refractivity (Wildman–Crippen MR) is 69.8 cm³/mol. The zero-order chi connectivity index (χ0) is 12.1. The number of hydrogen-bond donors (Lipinski definition) is 0. The van der Waals surface area contributed by atoms with E-state index in [1.807, 2.05) is 24.3 Å². The Morgan fingerprint density at radius 1 is 1.11 bits per heavy atom. The van der Waals surface area contributed by atoms with E-state index in [-0.39, 0.29) is 51.4 Å². The molecule has 0 unspecified atom stereocenters. The zero-order valence-corrected chi connectivity index (χ0v) is 14.2. The van der Waals surface area contributed by atoms with E-state index in [1.54, 1.807) is 0 Å². The molecule has 0 spiro atoms. The zero-order valence-electron chi connectivity index (χ0n) is 11.1. The standard InChI is InChI=1S/C14H18N3.K/c1-2-7-16-8-10-17(11-9-16)14-5-3-13(12-15)4-6-14;/h3-6H,1-2,7-11H2;/q-1;+1. The van der Waals surface area contributed by atoms with Crippen molar-refractivity contribution in [3.8, 4) is 6.07 Å². The molecule has 18 heavy (non-hydrogen) atoms. The van der Waals surface area contributed by atoms with Gasteiger partial charge < -0.3 is 16.7 Å². The number of rotatable bonds is 3. The summed E-state index contributed by atoms with van der Waals surface area (Å²) in [4.78, 5) is 4.83. The van der Waals surface area contributed by atoms with Gasteiger partial charge in [0.05, 0.1) is 11.6 Å². The largest absolute Gasteiger partial charge is 1.00 e. The van der Waals surface area contributed by atoms with Gasteiger partial charge in [0.15, 0.2) is 0 Å². The number of anilines is 1. The van der Waals surface area contributed by atoms with Crippen LogP contribution in [0.15, 0.2) is 24.3 Å². The predicted octanol–water partition coefficient (Wildman–Crippen LogP) is -1.09. The van der Waals surface area contributed by atoms with E-state index >= 15 is 0 Å². The number of hydrogen-bond acceptors (Lipinski definition) is 3. The molecule has 1 fully saturated rings. The summed E-state index contributed by atoms with van der Waals surface area (Å²) in [6.07, 6.45) is 0.983. The van der Waals surface area contributed by atoms with Crippen LogP contribution in [0.4, 0.5) is 5.69 Å². The molecular weight excluding hydrogens is 249 g/mol. The van der Waals surface area contributed by atoms with E-state index in [9.17, 15) is 0 Å². The molecule has 1 aromatic rings. The topological polar surface area (TPSA) is 30.3 Å². The fourth-order valence-electron chi connectivity index (χ4n) is 2.20. The molecule has 0 atom stereocenters. The molecule has 0 aromatic heterocycles. The van der Waals surface area contributed by atoms with E-state index in [0.717, 1.165) is 44.7 Å². The summed E-state index contributed by atoms with van der Waals surface area (Å²) in [7, 11) is 0. The first-order valence-corrected chi connectivity index (χ1v) is 6.10. The van der Waals surface area contributed by atoms with Crippen LogP contribution in [-0.2, 0) is 0 Å². The monoisotopic (exact) mass is 267 g/mol. The first kappa shape index (κ1) is 16.2. The number of nitriles is 1. The molecule has 2 rings (SSSR count). The Morgan fingerprint density at radius 3 is 2.22 bits per heavy atom. The second kappa shape index (κ2) is 8.31. The molecule has 1 aliphatic heterocycles. The first-order chi connectivity index (χ1) is 8.33. The second-order valence-electron chi connectivity index (χ2n) is 4.34. The molecule has 0 aliphatic carbocycles. The summed E-state index contributed by atoms with van der Waals surface area (Å²) in [6.45, 7) is 9.32. The molecule has 0 saturated carbocycles. The van der Waals surface area contributed by atoms with Crippen LogP contribution in [0.2, 0.25) is 0 Å². The minimum absolute atomic E-state index is 0. The van der Waals surface area contributed by atoms with Gasteiger partial charge in [0.2, 0.25) is 0 Å². The maximum absolute atomic E-state index is 8.76. The van der Waals surface area contributed by atoms with Gasteiger partial charge in [-0.3, -0.25) is 0 Å². The van der Waals surface area contributed by atoms with Crippen molar-refractivity contribution in [1.82, 2.24) is 4.90 Å². The Labute approximate surface area is 152 Å². The quantitative estimate of drug-likeness (QED) is 0.515. The third-order valence-electron chi connectivity index (χ3n) is 3.21. The third kappa shape index (κ3) is 4.34. The molecule has 3 nitrogen and oxygen atoms in total. The van der Waals surface area contributed by atoms with Crippen LogP contribution in [0.3, 0.4) is 0 Å². The second-order valence-corrected chi connectivity index (χ2v) is 4.34. The first-order valence-electron chi connectivity index (χ1n) is 6.10. The molecular formula is C14H18KN3. The average Bonchev–Trinajstić information content (AvgIpc) is 2.40. The molecule has 0 amide bonds. The van der Waals surface area contributed by atoms with Crippen LogP contribution < -0.4 is 56.3 Å². The normalized spacial score (nSPS) is 15.9. The Morgan fingerprint density at radius 2 is 1.72 bits per heavy atom. The van der Waals surface area contributed by atoms with Gasteiger partial charge in [-0.2, -0.15) is 11.7 Å². The van der Waals surface area contributed by atoms with Crippen molar-refractivity contribution in [2.75, 3.05) is 37.6 Å². The molecule has 0 N–H and O–H groups in total. The van der Waals surface area contributed by atoms with E-state index in [4.69, 9.17) is 5.26 Å². The van der Waals surface area contributed by atoms with Crippen LogP contribution in [0.1, 0.15) is 12.0 Å². The van der Waals surface area contributed by atoms with Gasteiger partial charge in [0, 0.05) is 31.9 Å². The van der Waals surface area contributed by atoms with Gasteiger partial charge in [-0.1, -0.05) is 0 Å². The van der Waals surface area contributed by atoms with Crippen molar-refractivity contribution in [3.63, 3.8) is 0 Å². The van der Waals surface area contributed by atoms with Crippen molar-refractivity contribution >= 4 is 5.69 Å². The maximum atomic E-state index is 8.76. The van der Waals surface area contributed by atoms with Gasteiger partial charge in [0.25, 0.3) is 0 Å². The molecule has 1 aromatic carbocycles. The summed E-state index contributed by atoms with van der Waals surface area (Å²) >= 11 is 0. The van der Waals surface area contributed by atoms with Crippen molar-refractivity contribution in [1.29, 1.82) is 5.26 Å². The molecule has 0 bridgehead atoms. The Hall–Kier alpha value is 0.106. The summed E-state index contributed by atoms with van der Waals surface area (Å²) in [6, 6.07) is 9.99. The van der Waals surface area contributed by atoms with Gasteiger partial charge in [-0.15, -0.1) is 0 Å². The van der Waals surface area contributed by atoms with Crippen LogP contribution in [0.5, 0.6) is 0 Å². The van der Waals surface area contributed by atoms with Crippen LogP contribution in [-0.4, -0.2) is 37.6 Å². The summed E-state index contributed by atoms with van der Waals surface area (Å²) in [5, 5.41) is 8.76. The molecule has 1 aliphatic rings.